The van der Waals surface area contributed by atoms with Crippen LogP contribution in [0.4, 0.5) is 26.3 Å². The molecular weight excluding hydrogens is 1560 g/mol. The van der Waals surface area contributed by atoms with Gasteiger partial charge in [0.25, 0.3) is 0 Å². The third-order valence-corrected chi connectivity index (χ3v) is 29.4. The summed E-state index contributed by atoms with van der Waals surface area (Å²) in [6.07, 6.45) is 2.78. The van der Waals surface area contributed by atoms with Gasteiger partial charge < -0.3 is 38.2 Å². The number of ketones is 2. The number of alkyl halides is 6. The number of hydrogen-bond acceptors (Lipinski definition) is 20. The summed E-state index contributed by atoms with van der Waals surface area (Å²) in [6.45, 7) is 17.8. The lowest BCUT2D eigenvalue weighted by Gasteiger charge is -2.32. The number of aromatic nitrogens is 2. The van der Waals surface area contributed by atoms with Crippen LogP contribution in [0, 0.1) is 58.2 Å². The highest BCUT2D eigenvalue weighted by atomic mass is 32.2. The van der Waals surface area contributed by atoms with Gasteiger partial charge in [-0.1, -0.05) is 101 Å². The van der Waals surface area contributed by atoms with Gasteiger partial charge >= 0.3 is 24.3 Å². The van der Waals surface area contributed by atoms with Gasteiger partial charge in [-0.05, 0) is 167 Å². The van der Waals surface area contributed by atoms with Crippen LogP contribution >= 0.6 is 0 Å². The van der Waals surface area contributed by atoms with E-state index in [9.17, 15) is 81.5 Å². The fraction of sp³-hybridized carbons (Fsp3) is 0.643. The highest BCUT2D eigenvalue weighted by Gasteiger charge is 2.65. The van der Waals surface area contributed by atoms with E-state index in [1.54, 1.807) is 52.0 Å². The number of rotatable bonds is 20. The molecule has 4 aliphatic heterocycles. The minimum atomic E-state index is -4.86. The van der Waals surface area contributed by atoms with Gasteiger partial charge in [0, 0.05) is 47.2 Å². The minimum Gasteiger partial charge on any atom is -0.492 e. The fourth-order valence-corrected chi connectivity index (χ4v) is 18.9. The number of carbonyl (C=O) groups is 8. The summed E-state index contributed by atoms with van der Waals surface area (Å²) in [7, 11) is -8.06. The predicted molar refractivity (Wildman–Crippen MR) is 416 cm³/mol. The largest absolute Gasteiger partial charge is 0.492 e. The average molecular weight is 1670 g/mol. The minimum absolute atomic E-state index is 0.0172. The summed E-state index contributed by atoms with van der Waals surface area (Å²) in [5.41, 5.74) is -8.38. The molecule has 2 aromatic carbocycles. The summed E-state index contributed by atoms with van der Waals surface area (Å²) >= 11 is 0. The highest BCUT2D eigenvalue weighted by molar-refractivity contribution is 7.92. The SMILES string of the molecule is CCOc1cnc(O[C@@H]2C[C@H]3C(=O)C[C@]4(C(=O)NS(=O)(=O)C5(C)CC5)C[C@H]4/C=C\[C@@H](C)CCC[C@@H](C)[C@H](CC(=O)OC(C)(C)C(F)(F)F)C(=O)N3C2)c2ccccc12.CCOc1cnc(O[C@@H]2C[C@H]3C(=O)C[C@]4(C(=O)NS(=O)(=O)C5(C)CC5)C[C@H]4/C=C\[C@H](C)CCC[C@@H](C)[C@H](CC(=O)OC(C)(C)C(F)(F)F)C(=O)N3C2)c2ccccc12. The molecule has 2 saturated heterocycles. The lowest BCUT2D eigenvalue weighted by Crippen LogP contribution is -2.48. The summed E-state index contributed by atoms with van der Waals surface area (Å²) in [5, 5.41) is 2.71. The molecule has 32 heteroatoms. The number of benzene rings is 2. The maximum Gasteiger partial charge on any atom is 0.427 e. The van der Waals surface area contributed by atoms with Crippen molar-refractivity contribution >= 4 is 88.7 Å². The smallest absolute Gasteiger partial charge is 0.427 e. The third-order valence-electron chi connectivity index (χ3n) is 25.1. The van der Waals surface area contributed by atoms with E-state index < -0.39 is 184 Å². The first kappa shape index (κ1) is 88.4. The van der Waals surface area contributed by atoms with Crippen LogP contribution in [-0.4, -0.2) is 167 Å². The molecule has 0 unspecified atom stereocenters. The second kappa shape index (κ2) is 33.8. The van der Waals surface area contributed by atoms with Crippen molar-refractivity contribution in [3.63, 3.8) is 0 Å². The molecule has 2 N–H and O–H groups in total. The van der Waals surface area contributed by atoms with Crippen LogP contribution in [0.15, 0.2) is 85.2 Å². The highest BCUT2D eigenvalue weighted by Crippen LogP contribution is 2.60. The van der Waals surface area contributed by atoms with Crippen LogP contribution in [0.3, 0.4) is 0 Å². The van der Waals surface area contributed by atoms with Crippen LogP contribution in [0.1, 0.15) is 199 Å². The number of esters is 2. The monoisotopic (exact) mass is 1670 g/mol. The van der Waals surface area contributed by atoms with Crippen LogP contribution in [0.5, 0.6) is 23.3 Å². The Kier molecular flexibility index (Phi) is 25.7. The third kappa shape index (κ3) is 19.1. The molecule has 4 saturated carbocycles. The second-order valence-corrected chi connectivity index (χ2v) is 39.3. The number of allylic oxidation sites excluding steroid dienone is 4. The molecule has 0 radical (unpaired) electrons. The number of pyridine rings is 2. The van der Waals surface area contributed by atoms with Gasteiger partial charge in [0.05, 0.1) is 95.8 Å². The van der Waals surface area contributed by atoms with Crippen LogP contribution in [0.2, 0.25) is 0 Å². The molecule has 4 aliphatic carbocycles. The number of amides is 4. The van der Waals surface area contributed by atoms with E-state index in [4.69, 9.17) is 28.4 Å². The zero-order valence-corrected chi connectivity index (χ0v) is 69.4. The Morgan fingerprint density at radius 2 is 0.871 bits per heavy atom. The first-order chi connectivity index (χ1) is 54.2. The summed E-state index contributed by atoms with van der Waals surface area (Å²) in [4.78, 5) is 125. The maximum atomic E-state index is 14.8. The Bertz CT molecular complexity index is 4430. The lowest BCUT2D eigenvalue weighted by atomic mass is 9.84. The topological polar surface area (TPSA) is 317 Å². The molecule has 116 heavy (non-hydrogen) atoms. The number of hydrogen-bond donors (Lipinski definition) is 2. The number of Topliss-reactive ketones (excluding diaryl/α,β-unsaturated/α-hetero) is 2. The molecular formula is C84H108F6N6O18S2. The Balaban J connectivity index is 0.000000228. The normalized spacial score (nSPS) is 29.6. The molecule has 14 atom stereocenters. The number of fused-ring (bicyclic) bond motifs is 6. The van der Waals surface area contributed by atoms with Crippen molar-refractivity contribution in [2.45, 2.75) is 256 Å². The van der Waals surface area contributed by atoms with Crippen molar-refractivity contribution in [3.8, 4) is 23.3 Å². The zero-order chi connectivity index (χ0) is 84.8. The quantitative estimate of drug-likeness (QED) is 0.0472. The lowest BCUT2D eigenvalue weighted by molar-refractivity contribution is -0.257. The van der Waals surface area contributed by atoms with E-state index in [0.29, 0.717) is 99.7 Å². The zero-order valence-electron chi connectivity index (χ0n) is 67.8. The van der Waals surface area contributed by atoms with Crippen molar-refractivity contribution < 1.29 is 110 Å². The number of nitrogens with zero attached hydrogens (tertiary/aromatic N) is 4. The molecule has 2 aromatic heterocycles. The van der Waals surface area contributed by atoms with E-state index in [1.807, 2.05) is 76.3 Å². The van der Waals surface area contributed by atoms with Gasteiger partial charge in [-0.25, -0.2) is 26.8 Å². The number of nitrogens with one attached hydrogen (secondary N) is 2. The van der Waals surface area contributed by atoms with Gasteiger partial charge in [-0.2, -0.15) is 26.3 Å². The van der Waals surface area contributed by atoms with Crippen LogP contribution in [-0.2, 0) is 67.9 Å². The van der Waals surface area contributed by atoms with Crippen molar-refractivity contribution in [1.29, 1.82) is 0 Å². The van der Waals surface area contributed by atoms with E-state index in [1.165, 1.54) is 22.2 Å². The fourth-order valence-electron chi connectivity index (χ4n) is 16.3. The Morgan fingerprint density at radius 3 is 1.20 bits per heavy atom. The van der Waals surface area contributed by atoms with Crippen molar-refractivity contribution in [1.82, 2.24) is 29.2 Å². The van der Waals surface area contributed by atoms with Crippen molar-refractivity contribution in [3.05, 3.63) is 85.2 Å². The summed E-state index contributed by atoms with van der Waals surface area (Å²) in [5.74, 6) is -8.79. The molecule has 0 spiro atoms. The second-order valence-electron chi connectivity index (χ2n) is 34.9. The Hall–Kier alpha value is -8.42. The van der Waals surface area contributed by atoms with Crippen molar-refractivity contribution in [2.24, 2.45) is 58.2 Å². The summed E-state index contributed by atoms with van der Waals surface area (Å²) < 4.78 is 172. The molecule has 8 aliphatic rings. The van der Waals surface area contributed by atoms with Crippen molar-refractivity contribution in [2.75, 3.05) is 26.3 Å². The standard InChI is InChI=1S/2C42H54F3N3O9S/c2*1-7-55-34-23-46-36(30-14-9-8-13-29(30)34)56-28-19-32-33(49)22-41(38(52)47-58(53,54)40(6)17-18-40)21-27(41)16-15-25(2)11-10-12-26(3)31(37(51)48(32)24-28)20-35(50)57-39(4,5)42(43,44)45/h2*8-9,13-16,23,25-28,31-32H,7,10-12,17-22,24H2,1-6H3,(H,47,52)/b2*16-15-/t25-,26+,27+,28+,31-,32-,41+;25-,26-,27-,28-,31+,32+,41-/m01/s1. The van der Waals surface area contributed by atoms with Crippen LogP contribution < -0.4 is 28.4 Å². The molecule has 6 heterocycles. The van der Waals surface area contributed by atoms with Gasteiger partial charge in [0.1, 0.15) is 23.7 Å². The average Bonchev–Trinajstić information content (AvgIpc) is 1.56. The van der Waals surface area contributed by atoms with Gasteiger partial charge in [-0.15, -0.1) is 0 Å². The van der Waals surface area contributed by atoms with Gasteiger partial charge in [0.2, 0.25) is 66.6 Å². The van der Waals surface area contributed by atoms with E-state index >= 15 is 0 Å². The molecule has 4 amide bonds. The van der Waals surface area contributed by atoms with E-state index in [2.05, 4.69) is 19.4 Å². The maximum absolute atomic E-state index is 14.8. The number of ether oxygens (including phenoxy) is 6. The number of carbonyl (C=O) groups excluding carboxylic acids is 8. The number of halogens is 6. The van der Waals surface area contributed by atoms with Gasteiger partial charge in [0.15, 0.2) is 11.6 Å². The molecule has 636 valence electrons. The van der Waals surface area contributed by atoms with E-state index in [-0.39, 0.29) is 75.2 Å². The predicted octanol–water partition coefficient (Wildman–Crippen LogP) is 13.7. The first-order valence-corrected chi connectivity index (χ1v) is 43.3. The molecule has 12 rings (SSSR count). The summed E-state index contributed by atoms with van der Waals surface area (Å²) in [6, 6.07) is 12.3. The molecule has 0 bridgehead atoms. The number of sulfonamides is 2. The van der Waals surface area contributed by atoms with E-state index in [0.717, 1.165) is 38.5 Å². The Morgan fingerprint density at radius 1 is 0.526 bits per heavy atom. The molecule has 4 aromatic rings. The first-order valence-electron chi connectivity index (χ1n) is 40.3. The molecule has 24 nitrogen and oxygen atoms in total. The Labute approximate surface area is 673 Å². The van der Waals surface area contributed by atoms with Crippen LogP contribution in [0.25, 0.3) is 21.5 Å². The molecule has 6 fully saturated rings. The van der Waals surface area contributed by atoms with Gasteiger partial charge in [-0.3, -0.25) is 47.8 Å².